The number of aromatic nitrogens is 2. The molecule has 0 bridgehead atoms. The van der Waals surface area contributed by atoms with E-state index in [1.54, 1.807) is 16.5 Å². The van der Waals surface area contributed by atoms with Crippen LogP contribution in [0.3, 0.4) is 0 Å². The maximum Gasteiger partial charge on any atom is 0.359 e. The lowest BCUT2D eigenvalue weighted by molar-refractivity contribution is -0.119. The van der Waals surface area contributed by atoms with Gasteiger partial charge in [0.15, 0.2) is 5.69 Å². The molecule has 0 spiro atoms. The van der Waals surface area contributed by atoms with Crippen LogP contribution in [-0.4, -0.2) is 53.4 Å². The molecule has 1 atom stereocenters. The van der Waals surface area contributed by atoms with E-state index in [2.05, 4.69) is 5.10 Å². The van der Waals surface area contributed by atoms with Gasteiger partial charge < -0.3 is 19.3 Å². The Balaban J connectivity index is 1.36. The fourth-order valence-corrected chi connectivity index (χ4v) is 5.59. The maximum absolute atomic E-state index is 14.0. The van der Waals surface area contributed by atoms with Crippen molar-refractivity contribution in [1.29, 1.82) is 0 Å². The van der Waals surface area contributed by atoms with Crippen LogP contribution in [0, 0.1) is 0 Å². The van der Waals surface area contributed by atoms with Crippen molar-refractivity contribution >= 4 is 29.2 Å². The number of fused-ring (bicyclic) bond motifs is 2. The van der Waals surface area contributed by atoms with Crippen LogP contribution in [0.1, 0.15) is 65.2 Å². The fourth-order valence-electron chi connectivity index (χ4n) is 5.59. The molecule has 4 heterocycles. The number of esters is 1. The van der Waals surface area contributed by atoms with Gasteiger partial charge in [0, 0.05) is 42.9 Å². The lowest BCUT2D eigenvalue weighted by atomic mass is 10.0. The van der Waals surface area contributed by atoms with Gasteiger partial charge in [0.1, 0.15) is 17.5 Å². The molecule has 6 rings (SSSR count). The van der Waals surface area contributed by atoms with Crippen molar-refractivity contribution in [3.05, 3.63) is 65.0 Å². The van der Waals surface area contributed by atoms with Crippen molar-refractivity contribution in [2.24, 2.45) is 0 Å². The topological polar surface area (TPSA) is 94.0 Å². The first-order valence-corrected chi connectivity index (χ1v) is 13.3. The van der Waals surface area contributed by atoms with Gasteiger partial charge in [0.05, 0.1) is 12.3 Å². The van der Waals surface area contributed by atoms with Crippen LogP contribution >= 0.6 is 0 Å². The molecule has 3 aliphatic rings. The monoisotopic (exact) mass is 514 g/mol. The molecule has 2 aromatic carbocycles. The van der Waals surface area contributed by atoms with E-state index in [1.165, 1.54) is 0 Å². The quantitative estimate of drug-likeness (QED) is 0.476. The lowest BCUT2D eigenvalue weighted by Crippen LogP contribution is -2.39. The molecule has 2 amide bonds. The Morgan fingerprint density at radius 3 is 2.47 bits per heavy atom. The Hall–Kier alpha value is -4.14. The summed E-state index contributed by atoms with van der Waals surface area (Å²) in [5.74, 6) is 0.193. The molecule has 3 aliphatic heterocycles. The second kappa shape index (κ2) is 9.63. The number of benzene rings is 2. The van der Waals surface area contributed by atoms with Gasteiger partial charge in [-0.15, -0.1) is 0 Å². The molecule has 0 radical (unpaired) electrons. The molecule has 1 aromatic heterocycles. The van der Waals surface area contributed by atoms with Gasteiger partial charge in [-0.2, -0.15) is 5.10 Å². The summed E-state index contributed by atoms with van der Waals surface area (Å²) in [5.41, 5.74) is 4.45. The molecule has 9 heteroatoms. The van der Waals surface area contributed by atoms with Crippen LogP contribution in [0.2, 0.25) is 0 Å². The third-order valence-corrected chi connectivity index (χ3v) is 7.41. The van der Waals surface area contributed by atoms with Crippen LogP contribution in [0.25, 0.3) is 5.69 Å². The van der Waals surface area contributed by atoms with Crippen LogP contribution in [0.5, 0.6) is 5.75 Å². The number of amides is 2. The number of anilines is 2. The van der Waals surface area contributed by atoms with Crippen LogP contribution in [0.15, 0.2) is 42.5 Å². The smallest absolute Gasteiger partial charge is 0.359 e. The molecule has 1 saturated heterocycles. The predicted octanol–water partition coefficient (Wildman–Crippen LogP) is 4.09. The standard InChI is InChI=1S/C29H30N4O5/c1-3-37-29(36)26-23-13-15-32(21-9-7-20(8-10-21)31-14-5-4-6-25(31)34)28(35)27(23)33(30-26)22-11-12-24-19(17-22)16-18(2)38-24/h7-12,17-18H,3-6,13-16H2,1-2H3. The first-order valence-electron chi connectivity index (χ1n) is 13.3. The predicted molar refractivity (Wildman–Crippen MR) is 141 cm³/mol. The summed E-state index contributed by atoms with van der Waals surface area (Å²) in [4.78, 5) is 42.6. The van der Waals surface area contributed by atoms with Crippen LogP contribution in [0.4, 0.5) is 11.4 Å². The van der Waals surface area contributed by atoms with E-state index in [0.29, 0.717) is 42.9 Å². The average molecular weight is 515 g/mol. The highest BCUT2D eigenvalue weighted by Gasteiger charge is 2.36. The maximum atomic E-state index is 14.0. The average Bonchev–Trinajstić information content (AvgIpc) is 3.49. The Bertz CT molecular complexity index is 1430. The molecule has 0 N–H and O–H groups in total. The third kappa shape index (κ3) is 4.12. The van der Waals surface area contributed by atoms with Gasteiger partial charge in [-0.1, -0.05) is 0 Å². The molecule has 196 valence electrons. The van der Waals surface area contributed by atoms with Gasteiger partial charge in [0.25, 0.3) is 5.91 Å². The summed E-state index contributed by atoms with van der Waals surface area (Å²) in [6.07, 6.45) is 3.80. The van der Waals surface area contributed by atoms with E-state index in [4.69, 9.17) is 9.47 Å². The normalized spacial score (nSPS) is 18.7. The number of piperidine rings is 1. The van der Waals surface area contributed by atoms with Gasteiger partial charge >= 0.3 is 5.97 Å². The van der Waals surface area contributed by atoms with Crippen molar-refractivity contribution in [2.75, 3.05) is 29.5 Å². The number of ether oxygens (including phenoxy) is 2. The summed E-state index contributed by atoms with van der Waals surface area (Å²) in [5, 5.41) is 4.60. The zero-order chi connectivity index (χ0) is 26.4. The third-order valence-electron chi connectivity index (χ3n) is 7.41. The minimum Gasteiger partial charge on any atom is -0.490 e. The summed E-state index contributed by atoms with van der Waals surface area (Å²) in [7, 11) is 0. The van der Waals surface area contributed by atoms with Crippen molar-refractivity contribution in [3.8, 4) is 11.4 Å². The molecular formula is C29H30N4O5. The summed E-state index contributed by atoms with van der Waals surface area (Å²) < 4.78 is 12.7. The minimum absolute atomic E-state index is 0.0854. The number of hydrogen-bond donors (Lipinski definition) is 0. The van der Waals surface area contributed by atoms with Gasteiger partial charge in [-0.05, 0) is 81.1 Å². The molecule has 0 saturated carbocycles. The minimum atomic E-state index is -0.530. The highest BCUT2D eigenvalue weighted by atomic mass is 16.5. The molecule has 38 heavy (non-hydrogen) atoms. The summed E-state index contributed by atoms with van der Waals surface area (Å²) in [6, 6.07) is 13.3. The second-order valence-corrected chi connectivity index (χ2v) is 9.96. The highest BCUT2D eigenvalue weighted by molar-refractivity contribution is 6.09. The van der Waals surface area contributed by atoms with E-state index >= 15 is 0 Å². The van der Waals surface area contributed by atoms with Crippen molar-refractivity contribution in [2.45, 2.75) is 52.1 Å². The molecule has 9 nitrogen and oxygen atoms in total. The highest BCUT2D eigenvalue weighted by Crippen LogP contribution is 2.34. The molecular weight excluding hydrogens is 484 g/mol. The largest absolute Gasteiger partial charge is 0.490 e. The second-order valence-electron chi connectivity index (χ2n) is 9.96. The van der Waals surface area contributed by atoms with E-state index in [1.807, 2.05) is 54.3 Å². The Morgan fingerprint density at radius 2 is 1.74 bits per heavy atom. The SMILES string of the molecule is CCOC(=O)c1nn(-c2ccc3c(c2)CC(C)O3)c2c1CCN(c1ccc(N3CCCCC3=O)cc1)C2=O. The number of rotatable bonds is 5. The Morgan fingerprint density at radius 1 is 1.00 bits per heavy atom. The number of nitrogens with zero attached hydrogens (tertiary/aromatic N) is 4. The molecule has 1 unspecified atom stereocenters. The number of carbonyl (C=O) groups is 3. The van der Waals surface area contributed by atoms with E-state index in [0.717, 1.165) is 42.0 Å². The van der Waals surface area contributed by atoms with Crippen molar-refractivity contribution in [1.82, 2.24) is 9.78 Å². The van der Waals surface area contributed by atoms with E-state index < -0.39 is 5.97 Å². The summed E-state index contributed by atoms with van der Waals surface area (Å²) >= 11 is 0. The van der Waals surface area contributed by atoms with Gasteiger partial charge in [-0.3, -0.25) is 9.59 Å². The molecule has 3 aromatic rings. The van der Waals surface area contributed by atoms with Crippen LogP contribution in [-0.2, 0) is 22.4 Å². The van der Waals surface area contributed by atoms with E-state index in [-0.39, 0.29) is 30.2 Å². The fraction of sp³-hybridized carbons (Fsp3) is 0.379. The zero-order valence-corrected chi connectivity index (χ0v) is 21.6. The molecule has 0 aliphatic carbocycles. The van der Waals surface area contributed by atoms with Crippen molar-refractivity contribution < 1.29 is 23.9 Å². The van der Waals surface area contributed by atoms with Gasteiger partial charge in [0.2, 0.25) is 5.91 Å². The zero-order valence-electron chi connectivity index (χ0n) is 21.6. The van der Waals surface area contributed by atoms with E-state index in [9.17, 15) is 14.4 Å². The number of carbonyl (C=O) groups excluding carboxylic acids is 3. The lowest BCUT2D eigenvalue weighted by Gasteiger charge is -2.29. The first kappa shape index (κ1) is 24.2. The molecule has 1 fully saturated rings. The first-order chi connectivity index (χ1) is 18.4. The van der Waals surface area contributed by atoms with Crippen LogP contribution < -0.4 is 14.5 Å². The summed E-state index contributed by atoms with van der Waals surface area (Å²) in [6.45, 7) is 5.10. The Kier molecular flexibility index (Phi) is 6.13. The Labute approximate surface area is 220 Å². The number of hydrogen-bond acceptors (Lipinski definition) is 6. The van der Waals surface area contributed by atoms with Gasteiger partial charge in [-0.25, -0.2) is 9.48 Å². The van der Waals surface area contributed by atoms with Crippen molar-refractivity contribution in [3.63, 3.8) is 0 Å².